The van der Waals surface area contributed by atoms with Crippen molar-refractivity contribution in [3.05, 3.63) is 17.7 Å². The van der Waals surface area contributed by atoms with Crippen molar-refractivity contribution >= 4 is 5.97 Å². The minimum atomic E-state index is -0.840. The van der Waals surface area contributed by atoms with Crippen LogP contribution < -0.4 is 14.2 Å². The Bertz CT molecular complexity index is 478. The van der Waals surface area contributed by atoms with E-state index in [1.54, 1.807) is 21.3 Å². The minimum Gasteiger partial charge on any atom is -0.493 e. The van der Waals surface area contributed by atoms with Crippen LogP contribution in [0.1, 0.15) is 25.8 Å². The summed E-state index contributed by atoms with van der Waals surface area (Å²) in [6.07, 6.45) is 0.873. The molecule has 6 nitrogen and oxygen atoms in total. The molecule has 22 heavy (non-hydrogen) atoms. The van der Waals surface area contributed by atoms with E-state index in [0.717, 1.165) is 12.0 Å². The molecule has 0 spiro atoms. The van der Waals surface area contributed by atoms with Crippen LogP contribution >= 0.6 is 0 Å². The fraction of sp³-hybridized carbons (Fsp3) is 0.562. The van der Waals surface area contributed by atoms with Gasteiger partial charge in [0, 0.05) is 12.6 Å². The molecule has 0 aromatic heterocycles. The average Bonchev–Trinajstić information content (AvgIpc) is 2.51. The van der Waals surface area contributed by atoms with Crippen molar-refractivity contribution in [2.24, 2.45) is 0 Å². The maximum Gasteiger partial charge on any atom is 0.317 e. The van der Waals surface area contributed by atoms with Crippen LogP contribution in [0.3, 0.4) is 0 Å². The van der Waals surface area contributed by atoms with E-state index in [1.807, 2.05) is 30.9 Å². The molecule has 1 atom stereocenters. The van der Waals surface area contributed by atoms with Gasteiger partial charge in [0.1, 0.15) is 0 Å². The van der Waals surface area contributed by atoms with Crippen molar-refractivity contribution in [2.45, 2.75) is 32.9 Å². The molecule has 0 aliphatic rings. The summed E-state index contributed by atoms with van der Waals surface area (Å²) in [5.41, 5.74) is 0.913. The van der Waals surface area contributed by atoms with E-state index < -0.39 is 5.97 Å². The van der Waals surface area contributed by atoms with Crippen LogP contribution in [0.2, 0.25) is 0 Å². The number of hydrogen-bond acceptors (Lipinski definition) is 5. The summed E-state index contributed by atoms with van der Waals surface area (Å²) in [7, 11) is 4.67. The lowest BCUT2D eigenvalue weighted by molar-refractivity contribution is -0.139. The van der Waals surface area contributed by atoms with E-state index in [1.165, 1.54) is 0 Å². The standard InChI is InChI=1S/C16H25NO5/c1-6-11(2)17(10-15(18)19)9-12-7-13(20-3)16(22-5)14(8-12)21-4/h7-8,11H,6,9-10H2,1-5H3,(H,18,19). The number of rotatable bonds is 9. The number of methoxy groups -OCH3 is 3. The molecule has 0 saturated carbocycles. The molecule has 0 fully saturated rings. The summed E-state index contributed by atoms with van der Waals surface area (Å²) >= 11 is 0. The Morgan fingerprint density at radius 1 is 1.18 bits per heavy atom. The first-order valence-corrected chi connectivity index (χ1v) is 7.21. The highest BCUT2D eigenvalue weighted by Gasteiger charge is 2.19. The number of carboxylic acids is 1. The summed E-state index contributed by atoms with van der Waals surface area (Å²) < 4.78 is 16.0. The van der Waals surface area contributed by atoms with Crippen LogP contribution in [-0.2, 0) is 11.3 Å². The van der Waals surface area contributed by atoms with E-state index in [2.05, 4.69) is 0 Å². The lowest BCUT2D eigenvalue weighted by Gasteiger charge is -2.27. The molecule has 1 aromatic carbocycles. The van der Waals surface area contributed by atoms with E-state index in [0.29, 0.717) is 23.8 Å². The number of ether oxygens (including phenoxy) is 3. The number of aliphatic carboxylic acids is 1. The Labute approximate surface area is 131 Å². The van der Waals surface area contributed by atoms with Crippen LogP contribution in [-0.4, -0.2) is 49.9 Å². The minimum absolute atomic E-state index is 0.00827. The van der Waals surface area contributed by atoms with Gasteiger partial charge in [0.2, 0.25) is 5.75 Å². The first-order valence-electron chi connectivity index (χ1n) is 7.21. The second-order valence-corrected chi connectivity index (χ2v) is 5.09. The molecule has 1 aromatic rings. The molecule has 0 saturated heterocycles. The van der Waals surface area contributed by atoms with Gasteiger partial charge in [-0.2, -0.15) is 0 Å². The topological polar surface area (TPSA) is 68.2 Å². The molecule has 0 bridgehead atoms. The molecular weight excluding hydrogens is 286 g/mol. The van der Waals surface area contributed by atoms with Crippen molar-refractivity contribution < 1.29 is 24.1 Å². The summed E-state index contributed by atoms with van der Waals surface area (Å²) in [5.74, 6) is 0.822. The maximum atomic E-state index is 11.1. The van der Waals surface area contributed by atoms with E-state index in [4.69, 9.17) is 19.3 Å². The third-order valence-electron chi connectivity index (χ3n) is 3.66. The molecule has 6 heteroatoms. The summed E-state index contributed by atoms with van der Waals surface area (Å²) in [6.45, 7) is 4.54. The Kier molecular flexibility index (Phi) is 6.98. The largest absolute Gasteiger partial charge is 0.493 e. The van der Waals surface area contributed by atoms with Gasteiger partial charge < -0.3 is 19.3 Å². The second-order valence-electron chi connectivity index (χ2n) is 5.09. The highest BCUT2D eigenvalue weighted by molar-refractivity contribution is 5.69. The number of carbonyl (C=O) groups is 1. The molecule has 0 aliphatic carbocycles. The Morgan fingerprint density at radius 3 is 2.09 bits per heavy atom. The number of carboxylic acid groups (broad SMARTS) is 1. The molecule has 0 heterocycles. The molecule has 1 rings (SSSR count). The van der Waals surface area contributed by atoms with Crippen LogP contribution in [0.4, 0.5) is 0 Å². The lowest BCUT2D eigenvalue weighted by atomic mass is 10.1. The normalized spacial score (nSPS) is 12.1. The van der Waals surface area contributed by atoms with E-state index in [-0.39, 0.29) is 12.6 Å². The van der Waals surface area contributed by atoms with Crippen LogP contribution in [0.15, 0.2) is 12.1 Å². The first-order chi connectivity index (χ1) is 10.5. The fourth-order valence-corrected chi connectivity index (χ4v) is 2.26. The van der Waals surface area contributed by atoms with Crippen LogP contribution in [0.5, 0.6) is 17.2 Å². The molecule has 0 radical (unpaired) electrons. The quantitative estimate of drug-likeness (QED) is 0.755. The summed E-state index contributed by atoms with van der Waals surface area (Å²) in [4.78, 5) is 13.0. The van der Waals surface area contributed by atoms with E-state index >= 15 is 0 Å². The molecule has 0 amide bonds. The zero-order valence-corrected chi connectivity index (χ0v) is 13.9. The van der Waals surface area contributed by atoms with Crippen molar-refractivity contribution in [3.63, 3.8) is 0 Å². The highest BCUT2D eigenvalue weighted by Crippen LogP contribution is 2.38. The average molecular weight is 311 g/mol. The highest BCUT2D eigenvalue weighted by atomic mass is 16.5. The molecule has 1 unspecified atom stereocenters. The monoisotopic (exact) mass is 311 g/mol. The molecule has 0 aliphatic heterocycles. The number of hydrogen-bond donors (Lipinski definition) is 1. The van der Waals surface area contributed by atoms with Gasteiger partial charge in [-0.15, -0.1) is 0 Å². The second kappa shape index (κ2) is 8.48. The zero-order valence-electron chi connectivity index (χ0n) is 13.9. The summed E-state index contributed by atoms with van der Waals surface area (Å²) in [5, 5.41) is 9.08. The first kappa shape index (κ1) is 18.1. The van der Waals surface area contributed by atoms with Gasteiger partial charge in [0.05, 0.1) is 27.9 Å². The van der Waals surface area contributed by atoms with Gasteiger partial charge in [-0.1, -0.05) is 6.92 Å². The van der Waals surface area contributed by atoms with Crippen molar-refractivity contribution in [1.29, 1.82) is 0 Å². The van der Waals surface area contributed by atoms with Crippen molar-refractivity contribution in [3.8, 4) is 17.2 Å². The van der Waals surface area contributed by atoms with Gasteiger partial charge in [-0.05, 0) is 31.0 Å². The fourth-order valence-electron chi connectivity index (χ4n) is 2.26. The van der Waals surface area contributed by atoms with Gasteiger partial charge >= 0.3 is 5.97 Å². The Morgan fingerprint density at radius 2 is 1.73 bits per heavy atom. The number of nitrogens with zero attached hydrogens (tertiary/aromatic N) is 1. The van der Waals surface area contributed by atoms with Crippen LogP contribution in [0.25, 0.3) is 0 Å². The van der Waals surface area contributed by atoms with Gasteiger partial charge in [0.15, 0.2) is 11.5 Å². The van der Waals surface area contributed by atoms with E-state index in [9.17, 15) is 4.79 Å². The maximum absolute atomic E-state index is 11.1. The molecule has 124 valence electrons. The Hall–Kier alpha value is -1.95. The van der Waals surface area contributed by atoms with Gasteiger partial charge in [0.25, 0.3) is 0 Å². The zero-order chi connectivity index (χ0) is 16.7. The summed E-state index contributed by atoms with van der Waals surface area (Å²) in [6, 6.07) is 3.85. The predicted octanol–water partition coefficient (Wildman–Crippen LogP) is 2.40. The smallest absolute Gasteiger partial charge is 0.317 e. The Balaban J connectivity index is 3.10. The molecule has 1 N–H and O–H groups in total. The SMILES string of the molecule is CCC(C)N(CC(=O)O)Cc1cc(OC)c(OC)c(OC)c1. The van der Waals surface area contributed by atoms with Crippen LogP contribution in [0, 0.1) is 0 Å². The van der Waals surface area contributed by atoms with Crippen molar-refractivity contribution in [2.75, 3.05) is 27.9 Å². The van der Waals surface area contributed by atoms with Gasteiger partial charge in [-0.25, -0.2) is 0 Å². The predicted molar refractivity (Wildman–Crippen MR) is 83.9 cm³/mol. The lowest BCUT2D eigenvalue weighted by Crippen LogP contribution is -2.36. The molecular formula is C16H25NO5. The van der Waals surface area contributed by atoms with Crippen molar-refractivity contribution in [1.82, 2.24) is 4.90 Å². The third kappa shape index (κ3) is 4.53. The third-order valence-corrected chi connectivity index (χ3v) is 3.66. The van der Waals surface area contributed by atoms with Gasteiger partial charge in [-0.3, -0.25) is 9.69 Å². The number of benzene rings is 1.